The Balaban J connectivity index is 2.75. The van der Waals surface area contributed by atoms with Gasteiger partial charge in [0.05, 0.1) is 0 Å². The van der Waals surface area contributed by atoms with Gasteiger partial charge in [0, 0.05) is 12.5 Å². The molecule has 0 N–H and O–H groups in total. The van der Waals surface area contributed by atoms with E-state index in [9.17, 15) is 0 Å². The van der Waals surface area contributed by atoms with Crippen LogP contribution in [-0.2, 0) is 6.42 Å². The lowest BCUT2D eigenvalue weighted by Gasteiger charge is -2.15. The van der Waals surface area contributed by atoms with E-state index in [1.807, 2.05) is 0 Å². The Morgan fingerprint density at radius 3 is 2.60 bits per heavy atom. The molecule has 1 atom stereocenters. The van der Waals surface area contributed by atoms with Crippen LogP contribution < -0.4 is 0 Å². The van der Waals surface area contributed by atoms with Crippen molar-refractivity contribution < 1.29 is 0 Å². The van der Waals surface area contributed by atoms with Crippen molar-refractivity contribution >= 4 is 11.6 Å². The Kier molecular flexibility index (Phi) is 5.09. The zero-order valence-corrected chi connectivity index (χ0v) is 10.6. The maximum atomic E-state index is 6.04. The molecule has 1 heterocycles. The highest BCUT2D eigenvalue weighted by Gasteiger charge is 2.14. The van der Waals surface area contributed by atoms with Gasteiger partial charge in [0.2, 0.25) is 5.28 Å². The van der Waals surface area contributed by atoms with Gasteiger partial charge < -0.3 is 0 Å². The summed E-state index contributed by atoms with van der Waals surface area (Å²) in [6, 6.07) is 0.411. The molecule has 1 aromatic rings. The van der Waals surface area contributed by atoms with Gasteiger partial charge in [-0.25, -0.2) is 0 Å². The largest absolute Gasteiger partial charge is 0.299 e. The summed E-state index contributed by atoms with van der Waals surface area (Å²) in [5, 5.41) is 8.59. The van der Waals surface area contributed by atoms with Crippen LogP contribution in [0.1, 0.15) is 58.3 Å². The third-order valence-corrected chi connectivity index (χ3v) is 2.87. The minimum Gasteiger partial charge on any atom is -0.299 e. The van der Waals surface area contributed by atoms with Gasteiger partial charge in [0.1, 0.15) is 5.82 Å². The molecule has 0 amide bonds. The second kappa shape index (κ2) is 6.11. The van der Waals surface area contributed by atoms with Gasteiger partial charge in [-0.15, -0.1) is 10.2 Å². The van der Waals surface area contributed by atoms with E-state index in [1.54, 1.807) is 0 Å². The first kappa shape index (κ1) is 12.5. The molecule has 0 bridgehead atoms. The van der Waals surface area contributed by atoms with E-state index >= 15 is 0 Å². The van der Waals surface area contributed by atoms with Crippen LogP contribution in [0.4, 0.5) is 0 Å². The van der Waals surface area contributed by atoms with Crippen molar-refractivity contribution in [1.82, 2.24) is 14.8 Å². The van der Waals surface area contributed by atoms with E-state index in [0.717, 1.165) is 25.1 Å². The summed E-state index contributed by atoms with van der Waals surface area (Å²) in [5.74, 6) is 1.02. The molecule has 0 saturated carbocycles. The van der Waals surface area contributed by atoms with Gasteiger partial charge in [-0.1, -0.05) is 26.7 Å². The van der Waals surface area contributed by atoms with Crippen molar-refractivity contribution in [3.8, 4) is 0 Å². The normalized spacial score (nSPS) is 13.1. The highest BCUT2D eigenvalue weighted by atomic mass is 35.5. The van der Waals surface area contributed by atoms with Gasteiger partial charge in [-0.05, 0) is 31.4 Å². The standard InChI is InChI=1S/C11H20ClN3/c1-4-6-8-9(3)15-10(7-5-2)13-14-11(15)12/h9H,4-8H2,1-3H3. The molecule has 4 heteroatoms. The minimum atomic E-state index is 0.411. The van der Waals surface area contributed by atoms with Crippen molar-refractivity contribution in [2.24, 2.45) is 0 Å². The summed E-state index contributed by atoms with van der Waals surface area (Å²) < 4.78 is 2.07. The summed E-state index contributed by atoms with van der Waals surface area (Å²) in [6.45, 7) is 6.53. The van der Waals surface area contributed by atoms with E-state index in [-0.39, 0.29) is 0 Å². The maximum absolute atomic E-state index is 6.04. The quantitative estimate of drug-likeness (QED) is 0.746. The lowest BCUT2D eigenvalue weighted by atomic mass is 10.1. The van der Waals surface area contributed by atoms with Crippen LogP contribution in [0.15, 0.2) is 0 Å². The molecule has 0 spiro atoms. The zero-order valence-electron chi connectivity index (χ0n) is 9.83. The second-order valence-corrected chi connectivity index (χ2v) is 4.33. The Hall–Kier alpha value is -0.570. The van der Waals surface area contributed by atoms with E-state index < -0.39 is 0 Å². The number of aryl methyl sites for hydroxylation is 1. The first-order valence-electron chi connectivity index (χ1n) is 5.79. The number of halogens is 1. The van der Waals surface area contributed by atoms with Crippen LogP contribution >= 0.6 is 11.6 Å². The van der Waals surface area contributed by atoms with Gasteiger partial charge in [0.15, 0.2) is 0 Å². The van der Waals surface area contributed by atoms with Gasteiger partial charge in [-0.3, -0.25) is 4.57 Å². The Morgan fingerprint density at radius 1 is 1.27 bits per heavy atom. The maximum Gasteiger partial charge on any atom is 0.225 e. The number of rotatable bonds is 6. The molecule has 1 rings (SSSR count). The van der Waals surface area contributed by atoms with E-state index in [2.05, 4.69) is 35.5 Å². The molecular formula is C11H20ClN3. The van der Waals surface area contributed by atoms with Crippen LogP contribution in [0.25, 0.3) is 0 Å². The lowest BCUT2D eigenvalue weighted by Crippen LogP contribution is -2.09. The average molecular weight is 230 g/mol. The summed E-state index contributed by atoms with van der Waals surface area (Å²) in [5.41, 5.74) is 0. The molecular weight excluding hydrogens is 210 g/mol. The fourth-order valence-electron chi connectivity index (χ4n) is 1.76. The molecule has 0 radical (unpaired) electrons. The first-order chi connectivity index (χ1) is 7.20. The van der Waals surface area contributed by atoms with Gasteiger partial charge in [-0.2, -0.15) is 0 Å². The molecule has 3 nitrogen and oxygen atoms in total. The molecule has 0 fully saturated rings. The van der Waals surface area contributed by atoms with Crippen molar-refractivity contribution in [3.05, 3.63) is 11.1 Å². The molecule has 0 aliphatic rings. The Morgan fingerprint density at radius 2 is 2.00 bits per heavy atom. The molecule has 1 unspecified atom stereocenters. The van der Waals surface area contributed by atoms with Crippen LogP contribution in [0, 0.1) is 0 Å². The molecule has 86 valence electrons. The molecule has 1 aromatic heterocycles. The SMILES string of the molecule is CCCCC(C)n1c(Cl)nnc1CCC. The van der Waals surface area contributed by atoms with Crippen molar-refractivity contribution in [2.45, 2.75) is 58.9 Å². The summed E-state index contributed by atoms with van der Waals surface area (Å²) >= 11 is 6.04. The Bertz CT molecular complexity index is 296. The minimum absolute atomic E-state index is 0.411. The van der Waals surface area contributed by atoms with Crippen molar-refractivity contribution in [1.29, 1.82) is 0 Å². The van der Waals surface area contributed by atoms with E-state index in [0.29, 0.717) is 11.3 Å². The average Bonchev–Trinajstić information content (AvgIpc) is 2.57. The highest BCUT2D eigenvalue weighted by molar-refractivity contribution is 6.28. The van der Waals surface area contributed by atoms with Crippen molar-refractivity contribution in [2.75, 3.05) is 0 Å². The number of hydrogen-bond donors (Lipinski definition) is 0. The predicted octanol–water partition coefficient (Wildman–Crippen LogP) is 3.64. The predicted molar refractivity (Wildman–Crippen MR) is 63.3 cm³/mol. The monoisotopic (exact) mass is 229 g/mol. The van der Waals surface area contributed by atoms with Crippen LogP contribution in [-0.4, -0.2) is 14.8 Å². The van der Waals surface area contributed by atoms with Crippen LogP contribution in [0.3, 0.4) is 0 Å². The summed E-state index contributed by atoms with van der Waals surface area (Å²) in [4.78, 5) is 0. The topological polar surface area (TPSA) is 30.7 Å². The fraction of sp³-hybridized carbons (Fsp3) is 0.818. The second-order valence-electron chi connectivity index (χ2n) is 4.00. The molecule has 0 saturated heterocycles. The fourth-order valence-corrected chi connectivity index (χ4v) is 2.06. The molecule has 0 aliphatic heterocycles. The molecule has 0 aliphatic carbocycles. The number of hydrogen-bond acceptors (Lipinski definition) is 2. The van der Waals surface area contributed by atoms with Gasteiger partial charge >= 0.3 is 0 Å². The third kappa shape index (κ3) is 3.20. The van der Waals surface area contributed by atoms with Gasteiger partial charge in [0.25, 0.3) is 0 Å². The zero-order chi connectivity index (χ0) is 11.3. The first-order valence-corrected chi connectivity index (χ1v) is 6.17. The molecule has 15 heavy (non-hydrogen) atoms. The molecule has 0 aromatic carbocycles. The number of unbranched alkanes of at least 4 members (excludes halogenated alkanes) is 1. The summed E-state index contributed by atoms with van der Waals surface area (Å²) in [6.07, 6.45) is 5.62. The number of nitrogens with zero attached hydrogens (tertiary/aromatic N) is 3. The highest BCUT2D eigenvalue weighted by Crippen LogP contribution is 2.21. The van der Waals surface area contributed by atoms with Crippen molar-refractivity contribution in [3.63, 3.8) is 0 Å². The third-order valence-electron chi connectivity index (χ3n) is 2.61. The summed E-state index contributed by atoms with van der Waals surface area (Å²) in [7, 11) is 0. The van der Waals surface area contributed by atoms with E-state index in [1.165, 1.54) is 12.8 Å². The lowest BCUT2D eigenvalue weighted by molar-refractivity contribution is 0.468. The van der Waals surface area contributed by atoms with Crippen LogP contribution in [0.5, 0.6) is 0 Å². The van der Waals surface area contributed by atoms with E-state index in [4.69, 9.17) is 11.6 Å². The Labute approximate surface area is 96.8 Å². The van der Waals surface area contributed by atoms with Crippen LogP contribution in [0.2, 0.25) is 5.28 Å². The smallest absolute Gasteiger partial charge is 0.225 e. The number of aromatic nitrogens is 3.